The summed E-state index contributed by atoms with van der Waals surface area (Å²) in [4.78, 5) is 11.1. The van der Waals surface area contributed by atoms with Gasteiger partial charge in [0.15, 0.2) is 0 Å². The van der Waals surface area contributed by atoms with Crippen molar-refractivity contribution in [2.24, 2.45) is 5.73 Å². The van der Waals surface area contributed by atoms with E-state index < -0.39 is 0 Å². The first-order valence-electron chi connectivity index (χ1n) is 3.91. The van der Waals surface area contributed by atoms with Crippen molar-refractivity contribution in [1.82, 2.24) is 5.32 Å². The Kier molecular flexibility index (Phi) is 2.84. The van der Waals surface area contributed by atoms with Crippen molar-refractivity contribution in [3.8, 4) is 0 Å². The van der Waals surface area contributed by atoms with Crippen LogP contribution in [0.25, 0.3) is 0 Å². The van der Waals surface area contributed by atoms with Crippen molar-refractivity contribution in [3.05, 3.63) is 0 Å². The molecule has 0 bridgehead atoms. The molecule has 0 amide bonds. The molecule has 1 fully saturated rings. The van der Waals surface area contributed by atoms with Gasteiger partial charge < -0.3 is 15.8 Å². The second kappa shape index (κ2) is 3.69. The van der Waals surface area contributed by atoms with E-state index in [1.54, 1.807) is 6.92 Å². The highest BCUT2D eigenvalue weighted by Gasteiger charge is 2.30. The SMILES string of the molecule is CCOC(=O)[C@H]1NCC[C@@H]1N. The minimum atomic E-state index is -0.282. The average Bonchev–Trinajstić information content (AvgIpc) is 2.36. The standard InChI is InChI=1S/C7H14N2O2/c1-2-11-7(10)6-5(8)3-4-9-6/h5-6,9H,2-4,8H2,1H3/t5-,6-/m0/s1. The molecular weight excluding hydrogens is 144 g/mol. The van der Waals surface area contributed by atoms with E-state index in [-0.39, 0.29) is 18.1 Å². The molecular formula is C7H14N2O2. The summed E-state index contributed by atoms with van der Waals surface area (Å²) in [5, 5.41) is 2.99. The molecule has 0 aromatic rings. The lowest BCUT2D eigenvalue weighted by Crippen LogP contribution is -2.43. The van der Waals surface area contributed by atoms with E-state index in [1.165, 1.54) is 0 Å². The van der Waals surface area contributed by atoms with Crippen molar-refractivity contribution in [3.63, 3.8) is 0 Å². The smallest absolute Gasteiger partial charge is 0.324 e. The number of ether oxygens (including phenoxy) is 1. The molecule has 1 aliphatic heterocycles. The van der Waals surface area contributed by atoms with E-state index in [0.717, 1.165) is 13.0 Å². The molecule has 4 heteroatoms. The molecule has 0 aromatic carbocycles. The van der Waals surface area contributed by atoms with Gasteiger partial charge in [-0.3, -0.25) is 4.79 Å². The summed E-state index contributed by atoms with van der Waals surface area (Å²) in [5.74, 6) is -0.225. The van der Waals surface area contributed by atoms with Gasteiger partial charge in [-0.1, -0.05) is 0 Å². The van der Waals surface area contributed by atoms with Crippen LogP contribution in [0.2, 0.25) is 0 Å². The summed E-state index contributed by atoms with van der Waals surface area (Å²) in [6, 6.07) is -0.357. The van der Waals surface area contributed by atoms with E-state index in [4.69, 9.17) is 10.5 Å². The predicted molar refractivity (Wildman–Crippen MR) is 41.0 cm³/mol. The Morgan fingerprint density at radius 2 is 2.55 bits per heavy atom. The molecule has 0 aliphatic carbocycles. The zero-order valence-corrected chi connectivity index (χ0v) is 6.67. The molecule has 1 heterocycles. The highest BCUT2D eigenvalue weighted by molar-refractivity contribution is 5.77. The molecule has 64 valence electrons. The molecule has 0 unspecified atom stereocenters. The molecule has 0 aromatic heterocycles. The molecule has 0 saturated carbocycles. The number of nitrogens with one attached hydrogen (secondary N) is 1. The number of hydrogen-bond donors (Lipinski definition) is 2. The third-order valence-electron chi connectivity index (χ3n) is 1.81. The number of carbonyl (C=O) groups is 1. The first kappa shape index (κ1) is 8.49. The number of hydrogen-bond acceptors (Lipinski definition) is 4. The fraction of sp³-hybridized carbons (Fsp3) is 0.857. The van der Waals surface area contributed by atoms with Crippen LogP contribution in [0, 0.1) is 0 Å². The van der Waals surface area contributed by atoms with E-state index in [1.807, 2.05) is 0 Å². The van der Waals surface area contributed by atoms with Gasteiger partial charge >= 0.3 is 5.97 Å². The summed E-state index contributed by atoms with van der Waals surface area (Å²) < 4.78 is 4.81. The van der Waals surface area contributed by atoms with Gasteiger partial charge in [0, 0.05) is 6.04 Å². The Bertz CT molecular complexity index is 149. The van der Waals surface area contributed by atoms with Crippen LogP contribution in [-0.4, -0.2) is 31.2 Å². The fourth-order valence-corrected chi connectivity index (χ4v) is 1.21. The number of esters is 1. The van der Waals surface area contributed by atoms with Crippen LogP contribution in [0.1, 0.15) is 13.3 Å². The zero-order valence-electron chi connectivity index (χ0n) is 6.67. The lowest BCUT2D eigenvalue weighted by Gasteiger charge is -2.12. The van der Waals surface area contributed by atoms with Gasteiger partial charge in [0.2, 0.25) is 0 Å². The van der Waals surface area contributed by atoms with Crippen LogP contribution < -0.4 is 11.1 Å². The first-order valence-corrected chi connectivity index (χ1v) is 3.91. The third-order valence-corrected chi connectivity index (χ3v) is 1.81. The Labute approximate surface area is 66.1 Å². The molecule has 0 radical (unpaired) electrons. The molecule has 1 saturated heterocycles. The minimum absolute atomic E-state index is 0.0750. The number of rotatable bonds is 2. The van der Waals surface area contributed by atoms with E-state index in [9.17, 15) is 4.79 Å². The van der Waals surface area contributed by atoms with Gasteiger partial charge in [0.25, 0.3) is 0 Å². The van der Waals surface area contributed by atoms with Crippen molar-refractivity contribution < 1.29 is 9.53 Å². The zero-order chi connectivity index (χ0) is 8.27. The van der Waals surface area contributed by atoms with E-state index in [0.29, 0.717) is 6.61 Å². The number of nitrogens with two attached hydrogens (primary N) is 1. The highest BCUT2D eigenvalue weighted by Crippen LogP contribution is 2.05. The molecule has 1 rings (SSSR count). The normalized spacial score (nSPS) is 30.4. The molecule has 2 atom stereocenters. The van der Waals surface area contributed by atoms with Crippen molar-refractivity contribution in [1.29, 1.82) is 0 Å². The van der Waals surface area contributed by atoms with Crippen molar-refractivity contribution in [2.75, 3.05) is 13.2 Å². The van der Waals surface area contributed by atoms with Gasteiger partial charge in [-0.2, -0.15) is 0 Å². The largest absolute Gasteiger partial charge is 0.465 e. The van der Waals surface area contributed by atoms with Crippen LogP contribution >= 0.6 is 0 Å². The monoisotopic (exact) mass is 158 g/mol. The maximum Gasteiger partial charge on any atom is 0.324 e. The Morgan fingerprint density at radius 3 is 3.00 bits per heavy atom. The van der Waals surface area contributed by atoms with Gasteiger partial charge in [-0.15, -0.1) is 0 Å². The van der Waals surface area contributed by atoms with Crippen molar-refractivity contribution >= 4 is 5.97 Å². The van der Waals surface area contributed by atoms with Gasteiger partial charge in [0.1, 0.15) is 6.04 Å². The molecule has 1 aliphatic rings. The fourth-order valence-electron chi connectivity index (χ4n) is 1.21. The third kappa shape index (κ3) is 1.91. The maximum absolute atomic E-state index is 11.1. The maximum atomic E-state index is 11.1. The van der Waals surface area contributed by atoms with Crippen molar-refractivity contribution in [2.45, 2.75) is 25.4 Å². The lowest BCUT2D eigenvalue weighted by atomic mass is 10.1. The minimum Gasteiger partial charge on any atom is -0.465 e. The van der Waals surface area contributed by atoms with Crippen LogP contribution in [0.5, 0.6) is 0 Å². The van der Waals surface area contributed by atoms with Crippen LogP contribution in [0.3, 0.4) is 0 Å². The van der Waals surface area contributed by atoms with Crippen LogP contribution in [0.4, 0.5) is 0 Å². The van der Waals surface area contributed by atoms with Crippen LogP contribution in [0.15, 0.2) is 0 Å². The average molecular weight is 158 g/mol. The highest BCUT2D eigenvalue weighted by atomic mass is 16.5. The Morgan fingerprint density at radius 1 is 1.82 bits per heavy atom. The molecule has 11 heavy (non-hydrogen) atoms. The van der Waals surface area contributed by atoms with Gasteiger partial charge in [-0.25, -0.2) is 0 Å². The Hall–Kier alpha value is -0.610. The molecule has 3 N–H and O–H groups in total. The second-order valence-electron chi connectivity index (χ2n) is 2.64. The molecule has 4 nitrogen and oxygen atoms in total. The summed E-state index contributed by atoms with van der Waals surface area (Å²) in [6.07, 6.45) is 0.851. The quantitative estimate of drug-likeness (QED) is 0.518. The summed E-state index contributed by atoms with van der Waals surface area (Å²) in [6.45, 7) is 3.02. The molecule has 0 spiro atoms. The number of carbonyl (C=O) groups excluding carboxylic acids is 1. The van der Waals surface area contributed by atoms with Gasteiger partial charge in [0.05, 0.1) is 6.61 Å². The Balaban J connectivity index is 2.39. The van der Waals surface area contributed by atoms with Gasteiger partial charge in [-0.05, 0) is 19.9 Å². The summed E-state index contributed by atoms with van der Waals surface area (Å²) in [7, 11) is 0. The van der Waals surface area contributed by atoms with E-state index >= 15 is 0 Å². The predicted octanol–water partition coefficient (Wildman–Crippen LogP) is -0.761. The summed E-state index contributed by atoms with van der Waals surface area (Å²) >= 11 is 0. The van der Waals surface area contributed by atoms with E-state index in [2.05, 4.69) is 5.32 Å². The lowest BCUT2D eigenvalue weighted by molar-refractivity contribution is -0.145. The topological polar surface area (TPSA) is 64.3 Å². The summed E-state index contributed by atoms with van der Waals surface area (Å²) in [5.41, 5.74) is 5.65. The first-order chi connectivity index (χ1) is 5.25. The second-order valence-corrected chi connectivity index (χ2v) is 2.64. The van der Waals surface area contributed by atoms with Crippen LogP contribution in [-0.2, 0) is 9.53 Å².